The predicted octanol–water partition coefficient (Wildman–Crippen LogP) is 3.86. The topological polar surface area (TPSA) is 80.3 Å². The fraction of sp³-hybridized carbons (Fsp3) is 0.227. The molecule has 0 aliphatic carbocycles. The van der Waals surface area contributed by atoms with Gasteiger partial charge in [-0.25, -0.2) is 4.98 Å². The first-order valence-electron chi connectivity index (χ1n) is 9.49. The van der Waals surface area contributed by atoms with Gasteiger partial charge >= 0.3 is 0 Å². The van der Waals surface area contributed by atoms with Gasteiger partial charge in [-0.1, -0.05) is 36.4 Å². The molecule has 0 bridgehead atoms. The molecular formula is C22H21N3O3S. The minimum atomic E-state index is -0.406. The number of amides is 2. The van der Waals surface area contributed by atoms with Gasteiger partial charge in [0.15, 0.2) is 0 Å². The summed E-state index contributed by atoms with van der Waals surface area (Å²) in [5.41, 5.74) is 3.02. The van der Waals surface area contributed by atoms with E-state index >= 15 is 0 Å². The molecule has 1 aromatic heterocycles. The lowest BCUT2D eigenvalue weighted by Gasteiger charge is -2.11. The number of anilines is 1. The van der Waals surface area contributed by atoms with E-state index in [1.165, 1.54) is 11.3 Å². The smallest absolute Gasteiger partial charge is 0.253 e. The first-order valence-corrected chi connectivity index (χ1v) is 10.4. The molecule has 3 aromatic rings. The highest BCUT2D eigenvalue weighted by molar-refractivity contribution is 7.09. The number of hydrogen-bond acceptors (Lipinski definition) is 5. The number of rotatable bonds is 6. The van der Waals surface area contributed by atoms with Gasteiger partial charge in [-0.3, -0.25) is 9.59 Å². The molecule has 148 valence electrons. The summed E-state index contributed by atoms with van der Waals surface area (Å²) in [7, 11) is 0. The summed E-state index contributed by atoms with van der Waals surface area (Å²) in [5.74, 6) is -0.383. The number of nitrogens with zero attached hydrogens (tertiary/aromatic N) is 1. The molecule has 2 heterocycles. The number of aromatic nitrogens is 1. The largest absolute Gasteiger partial charge is 0.368 e. The molecule has 29 heavy (non-hydrogen) atoms. The lowest BCUT2D eigenvalue weighted by molar-refractivity contribution is -0.124. The van der Waals surface area contributed by atoms with Gasteiger partial charge in [-0.2, -0.15) is 0 Å². The van der Waals surface area contributed by atoms with Crippen LogP contribution in [-0.4, -0.2) is 29.5 Å². The summed E-state index contributed by atoms with van der Waals surface area (Å²) in [6.45, 7) is 0.964. The highest BCUT2D eigenvalue weighted by Gasteiger charge is 2.23. The number of hydrogen-bond donors (Lipinski definition) is 2. The molecule has 0 spiro atoms. The van der Waals surface area contributed by atoms with Crippen molar-refractivity contribution in [2.75, 3.05) is 11.9 Å². The van der Waals surface area contributed by atoms with Crippen molar-refractivity contribution >= 4 is 28.8 Å². The van der Waals surface area contributed by atoms with E-state index in [4.69, 9.17) is 4.74 Å². The summed E-state index contributed by atoms with van der Waals surface area (Å²) >= 11 is 1.51. The second-order valence-electron chi connectivity index (χ2n) is 6.75. The van der Waals surface area contributed by atoms with E-state index in [1.54, 1.807) is 24.3 Å². The van der Waals surface area contributed by atoms with Crippen LogP contribution in [0.25, 0.3) is 11.3 Å². The van der Waals surface area contributed by atoms with Crippen LogP contribution in [0, 0.1) is 0 Å². The Labute approximate surface area is 172 Å². The van der Waals surface area contributed by atoms with E-state index in [0.717, 1.165) is 29.1 Å². The number of thiazole rings is 1. The Bertz CT molecular complexity index is 997. The predicted molar refractivity (Wildman–Crippen MR) is 113 cm³/mol. The quantitative estimate of drug-likeness (QED) is 0.650. The van der Waals surface area contributed by atoms with E-state index < -0.39 is 6.10 Å². The maximum atomic E-state index is 12.5. The molecule has 1 saturated heterocycles. The molecular weight excluding hydrogens is 386 g/mol. The molecule has 1 atom stereocenters. The van der Waals surface area contributed by atoms with Crippen molar-refractivity contribution in [3.63, 3.8) is 0 Å². The van der Waals surface area contributed by atoms with E-state index in [1.807, 2.05) is 35.7 Å². The highest BCUT2D eigenvalue weighted by Crippen LogP contribution is 2.21. The van der Waals surface area contributed by atoms with Crippen LogP contribution < -0.4 is 10.6 Å². The summed E-state index contributed by atoms with van der Waals surface area (Å²) in [6, 6.07) is 16.8. The van der Waals surface area contributed by atoms with Crippen molar-refractivity contribution < 1.29 is 14.3 Å². The van der Waals surface area contributed by atoms with Gasteiger partial charge in [-0.05, 0) is 31.0 Å². The van der Waals surface area contributed by atoms with Crippen LogP contribution in [-0.2, 0) is 16.1 Å². The molecule has 1 unspecified atom stereocenters. The molecule has 1 aliphatic heterocycles. The Kier molecular flexibility index (Phi) is 5.97. The third-order valence-electron chi connectivity index (χ3n) is 4.64. The zero-order valence-corrected chi connectivity index (χ0v) is 16.6. The van der Waals surface area contributed by atoms with Crippen LogP contribution in [0.5, 0.6) is 0 Å². The van der Waals surface area contributed by atoms with Crippen molar-refractivity contribution in [2.45, 2.75) is 25.5 Å². The molecule has 2 N–H and O–H groups in total. The van der Waals surface area contributed by atoms with Gasteiger partial charge in [0, 0.05) is 28.8 Å². The van der Waals surface area contributed by atoms with E-state index in [-0.39, 0.29) is 11.8 Å². The number of carbonyl (C=O) groups is 2. The fourth-order valence-electron chi connectivity index (χ4n) is 3.14. The molecule has 1 fully saturated rings. The van der Waals surface area contributed by atoms with Gasteiger partial charge in [0.05, 0.1) is 12.2 Å². The zero-order valence-electron chi connectivity index (χ0n) is 15.8. The standard InChI is InChI=1S/C22H21N3O3S/c26-21(23-13-20-25-18(14-29-20)15-6-2-1-3-7-15)16-8-4-9-17(12-16)24-22(27)19-10-5-11-28-19/h1-4,6-9,12,14,19H,5,10-11,13H2,(H,23,26)(H,24,27). The Balaban J connectivity index is 1.35. The van der Waals surface area contributed by atoms with Gasteiger partial charge in [0.2, 0.25) is 0 Å². The molecule has 2 amide bonds. The van der Waals surface area contributed by atoms with Crippen molar-refractivity contribution in [3.8, 4) is 11.3 Å². The average molecular weight is 407 g/mol. The van der Waals surface area contributed by atoms with Gasteiger partial charge in [0.1, 0.15) is 11.1 Å². The van der Waals surface area contributed by atoms with Crippen molar-refractivity contribution in [1.29, 1.82) is 0 Å². The number of ether oxygens (including phenoxy) is 1. The Hall–Kier alpha value is -3.03. The minimum Gasteiger partial charge on any atom is -0.368 e. The van der Waals surface area contributed by atoms with Crippen LogP contribution in [0.15, 0.2) is 60.0 Å². The van der Waals surface area contributed by atoms with E-state index in [0.29, 0.717) is 24.4 Å². The van der Waals surface area contributed by atoms with Gasteiger partial charge in [0.25, 0.3) is 11.8 Å². The van der Waals surface area contributed by atoms with Crippen molar-refractivity contribution in [1.82, 2.24) is 10.3 Å². The minimum absolute atomic E-state index is 0.170. The third kappa shape index (κ3) is 4.88. The van der Waals surface area contributed by atoms with Crippen LogP contribution in [0.3, 0.4) is 0 Å². The van der Waals surface area contributed by atoms with E-state index in [2.05, 4.69) is 15.6 Å². The molecule has 4 rings (SSSR count). The van der Waals surface area contributed by atoms with Gasteiger partial charge in [-0.15, -0.1) is 11.3 Å². The monoisotopic (exact) mass is 407 g/mol. The summed E-state index contributed by atoms with van der Waals surface area (Å²) in [4.78, 5) is 29.3. The first-order chi connectivity index (χ1) is 14.2. The molecule has 7 heteroatoms. The van der Waals surface area contributed by atoms with E-state index in [9.17, 15) is 9.59 Å². The second-order valence-corrected chi connectivity index (χ2v) is 7.69. The number of nitrogens with one attached hydrogen (secondary N) is 2. The lowest BCUT2D eigenvalue weighted by Crippen LogP contribution is -2.27. The molecule has 1 aliphatic rings. The maximum Gasteiger partial charge on any atom is 0.253 e. The normalized spacial score (nSPS) is 15.8. The highest BCUT2D eigenvalue weighted by atomic mass is 32.1. The SMILES string of the molecule is O=C(NCc1nc(-c2ccccc2)cs1)c1cccc(NC(=O)C2CCCO2)c1. The van der Waals surface area contributed by atoms with Crippen molar-refractivity contribution in [3.05, 3.63) is 70.5 Å². The summed E-state index contributed by atoms with van der Waals surface area (Å²) < 4.78 is 5.39. The summed E-state index contributed by atoms with van der Waals surface area (Å²) in [5, 5.41) is 8.53. The lowest BCUT2D eigenvalue weighted by atomic mass is 10.1. The zero-order chi connectivity index (χ0) is 20.1. The Morgan fingerprint density at radius 3 is 2.79 bits per heavy atom. The number of benzene rings is 2. The first kappa shape index (κ1) is 19.3. The number of carbonyl (C=O) groups excluding carboxylic acids is 2. The van der Waals surface area contributed by atoms with Crippen LogP contribution in [0.4, 0.5) is 5.69 Å². The average Bonchev–Trinajstić information content (AvgIpc) is 3.45. The van der Waals surface area contributed by atoms with Crippen molar-refractivity contribution in [2.24, 2.45) is 0 Å². The maximum absolute atomic E-state index is 12.5. The second kappa shape index (κ2) is 8.98. The van der Waals surface area contributed by atoms with Crippen LogP contribution in [0.2, 0.25) is 0 Å². The summed E-state index contributed by atoms with van der Waals surface area (Å²) in [6.07, 6.45) is 1.21. The van der Waals surface area contributed by atoms with Gasteiger partial charge < -0.3 is 15.4 Å². The Morgan fingerprint density at radius 1 is 1.14 bits per heavy atom. The fourth-order valence-corrected chi connectivity index (χ4v) is 3.88. The molecule has 6 nitrogen and oxygen atoms in total. The molecule has 2 aromatic carbocycles. The molecule has 0 saturated carbocycles. The van der Waals surface area contributed by atoms with Crippen LogP contribution >= 0.6 is 11.3 Å². The third-order valence-corrected chi connectivity index (χ3v) is 5.48. The molecule has 0 radical (unpaired) electrons. The Morgan fingerprint density at radius 2 is 2.00 bits per heavy atom. The van der Waals surface area contributed by atoms with Crippen LogP contribution in [0.1, 0.15) is 28.2 Å².